The quantitative estimate of drug-likeness (QED) is 0.839. The van der Waals surface area contributed by atoms with Crippen LogP contribution in [0.5, 0.6) is 5.75 Å². The lowest BCUT2D eigenvalue weighted by Gasteiger charge is -2.14. The van der Waals surface area contributed by atoms with Crippen molar-refractivity contribution in [2.75, 3.05) is 11.3 Å². The van der Waals surface area contributed by atoms with Crippen LogP contribution in [0.15, 0.2) is 45.8 Å². The van der Waals surface area contributed by atoms with Gasteiger partial charge in [-0.2, -0.15) is 0 Å². The molecule has 2 aromatic carbocycles. The van der Waals surface area contributed by atoms with E-state index in [0.717, 1.165) is 6.07 Å². The Morgan fingerprint density at radius 2 is 1.91 bits per heavy atom. The lowest BCUT2D eigenvalue weighted by molar-refractivity contribution is 0.342. The zero-order chi connectivity index (χ0) is 16.3. The van der Waals surface area contributed by atoms with Gasteiger partial charge in [0.2, 0.25) is 0 Å². The van der Waals surface area contributed by atoms with E-state index in [1.54, 1.807) is 25.1 Å². The average Bonchev–Trinajstić information content (AvgIpc) is 2.39. The van der Waals surface area contributed by atoms with Crippen molar-refractivity contribution in [1.82, 2.24) is 0 Å². The van der Waals surface area contributed by atoms with Crippen molar-refractivity contribution >= 4 is 31.6 Å². The summed E-state index contributed by atoms with van der Waals surface area (Å²) in [7, 11) is -4.25. The van der Waals surface area contributed by atoms with Crippen LogP contribution in [0.4, 0.5) is 14.5 Å². The Hall–Kier alpha value is -1.67. The van der Waals surface area contributed by atoms with E-state index >= 15 is 0 Å². The highest BCUT2D eigenvalue weighted by atomic mass is 79.9. The van der Waals surface area contributed by atoms with Gasteiger partial charge >= 0.3 is 0 Å². The Balaban J connectivity index is 2.45. The fourth-order valence-corrected chi connectivity index (χ4v) is 4.05. The highest BCUT2D eigenvalue weighted by Crippen LogP contribution is 2.31. The van der Waals surface area contributed by atoms with Crippen molar-refractivity contribution in [3.8, 4) is 5.75 Å². The fourth-order valence-electron chi connectivity index (χ4n) is 1.81. The number of nitrogens with one attached hydrogen (secondary N) is 1. The molecule has 0 aromatic heterocycles. The first-order valence-electron chi connectivity index (χ1n) is 6.24. The second-order valence-corrected chi connectivity index (χ2v) is 6.71. The van der Waals surface area contributed by atoms with Gasteiger partial charge in [0.1, 0.15) is 22.3 Å². The molecule has 118 valence electrons. The summed E-state index contributed by atoms with van der Waals surface area (Å²) in [5.74, 6) is -1.75. The van der Waals surface area contributed by atoms with Crippen LogP contribution in [0.2, 0.25) is 0 Å². The molecule has 4 nitrogen and oxygen atoms in total. The maximum absolute atomic E-state index is 13.8. The van der Waals surface area contributed by atoms with Crippen LogP contribution in [-0.2, 0) is 10.0 Å². The first kappa shape index (κ1) is 16.7. The normalized spacial score (nSPS) is 11.3. The van der Waals surface area contributed by atoms with Crippen LogP contribution in [0.3, 0.4) is 0 Å². The first-order valence-corrected chi connectivity index (χ1v) is 8.52. The molecule has 0 heterocycles. The standard InChI is InChI=1S/C14H12BrF2NO3S/c1-2-21-13-6-4-3-5-12(13)18-22(19,20)14-10(15)7-9(16)8-11(14)17/h3-8,18H,2H2,1H3. The Bertz CT molecular complexity index is 773. The third kappa shape index (κ3) is 3.56. The Kier molecular flexibility index (Phi) is 5.02. The molecular formula is C14H12BrF2NO3S. The monoisotopic (exact) mass is 391 g/mol. The third-order valence-corrected chi connectivity index (χ3v) is 4.99. The van der Waals surface area contributed by atoms with E-state index in [4.69, 9.17) is 4.74 Å². The van der Waals surface area contributed by atoms with Gasteiger partial charge in [0.05, 0.1) is 12.3 Å². The molecule has 8 heteroatoms. The predicted molar refractivity (Wildman–Crippen MR) is 82.5 cm³/mol. The van der Waals surface area contributed by atoms with Crippen LogP contribution in [-0.4, -0.2) is 15.0 Å². The number of benzene rings is 2. The SMILES string of the molecule is CCOc1ccccc1NS(=O)(=O)c1c(F)cc(F)cc1Br. The average molecular weight is 392 g/mol. The van der Waals surface area contributed by atoms with Crippen molar-refractivity contribution in [3.05, 3.63) is 52.5 Å². The van der Waals surface area contributed by atoms with Crippen molar-refractivity contribution in [3.63, 3.8) is 0 Å². The van der Waals surface area contributed by atoms with E-state index in [9.17, 15) is 17.2 Å². The van der Waals surface area contributed by atoms with Crippen LogP contribution in [0, 0.1) is 11.6 Å². The Morgan fingerprint density at radius 1 is 1.23 bits per heavy atom. The molecule has 0 aliphatic rings. The smallest absolute Gasteiger partial charge is 0.266 e. The molecule has 0 aliphatic carbocycles. The summed E-state index contributed by atoms with van der Waals surface area (Å²) in [6, 6.07) is 7.74. The molecule has 0 spiro atoms. The van der Waals surface area contributed by atoms with E-state index in [0.29, 0.717) is 18.4 Å². The Morgan fingerprint density at radius 3 is 2.55 bits per heavy atom. The summed E-state index contributed by atoms with van der Waals surface area (Å²) < 4.78 is 59.0. The maximum Gasteiger partial charge on any atom is 0.266 e. The maximum atomic E-state index is 13.8. The lowest BCUT2D eigenvalue weighted by atomic mass is 10.3. The zero-order valence-corrected chi connectivity index (χ0v) is 13.8. The van der Waals surface area contributed by atoms with Crippen LogP contribution < -0.4 is 9.46 Å². The summed E-state index contributed by atoms with van der Waals surface area (Å²) in [4.78, 5) is -0.666. The summed E-state index contributed by atoms with van der Waals surface area (Å²) in [5.41, 5.74) is 0.167. The van der Waals surface area contributed by atoms with Gasteiger partial charge in [-0.1, -0.05) is 12.1 Å². The number of sulfonamides is 1. The van der Waals surface area contributed by atoms with Crippen LogP contribution in [0.25, 0.3) is 0 Å². The zero-order valence-electron chi connectivity index (χ0n) is 11.4. The van der Waals surface area contributed by atoms with E-state index in [1.165, 1.54) is 6.07 Å². The van der Waals surface area contributed by atoms with Gasteiger partial charge in [0.25, 0.3) is 10.0 Å². The fraction of sp³-hybridized carbons (Fsp3) is 0.143. The molecule has 0 bridgehead atoms. The number of hydrogen-bond donors (Lipinski definition) is 1. The third-order valence-electron chi connectivity index (χ3n) is 2.66. The molecule has 2 rings (SSSR count). The molecule has 0 saturated carbocycles. The van der Waals surface area contributed by atoms with Crippen molar-refractivity contribution in [2.24, 2.45) is 0 Å². The first-order chi connectivity index (χ1) is 10.3. The van der Waals surface area contributed by atoms with E-state index in [-0.39, 0.29) is 10.2 Å². The molecule has 0 unspecified atom stereocenters. The number of hydrogen-bond acceptors (Lipinski definition) is 3. The predicted octanol–water partition coefficient (Wildman–Crippen LogP) is 3.93. The number of ether oxygens (including phenoxy) is 1. The van der Waals surface area contributed by atoms with E-state index in [1.807, 2.05) is 0 Å². The highest BCUT2D eigenvalue weighted by Gasteiger charge is 2.24. The molecule has 0 radical (unpaired) electrons. The topological polar surface area (TPSA) is 55.4 Å². The van der Waals surface area contributed by atoms with Gasteiger partial charge in [-0.3, -0.25) is 4.72 Å². The van der Waals surface area contributed by atoms with Gasteiger partial charge in [-0.25, -0.2) is 17.2 Å². The van der Waals surface area contributed by atoms with Crippen LogP contribution >= 0.6 is 15.9 Å². The number of para-hydroxylation sites is 2. The Labute approximate surface area is 135 Å². The second kappa shape index (κ2) is 6.62. The van der Waals surface area contributed by atoms with Gasteiger partial charge < -0.3 is 4.74 Å². The van der Waals surface area contributed by atoms with Gasteiger partial charge in [-0.05, 0) is 41.1 Å². The molecule has 0 aliphatic heterocycles. The number of halogens is 3. The number of anilines is 1. The summed E-state index contributed by atoms with van der Waals surface area (Å²) in [6.07, 6.45) is 0. The molecule has 0 fully saturated rings. The van der Waals surface area contributed by atoms with E-state index in [2.05, 4.69) is 20.7 Å². The van der Waals surface area contributed by atoms with Gasteiger partial charge in [0, 0.05) is 10.5 Å². The lowest BCUT2D eigenvalue weighted by Crippen LogP contribution is -2.16. The van der Waals surface area contributed by atoms with Crippen LogP contribution in [0.1, 0.15) is 6.92 Å². The minimum atomic E-state index is -4.25. The minimum absolute atomic E-state index is 0.167. The summed E-state index contributed by atoms with van der Waals surface area (Å²) in [5, 5.41) is 0. The van der Waals surface area contributed by atoms with Crippen molar-refractivity contribution < 1.29 is 21.9 Å². The van der Waals surface area contributed by atoms with Gasteiger partial charge in [-0.15, -0.1) is 0 Å². The summed E-state index contributed by atoms with van der Waals surface area (Å²) >= 11 is 2.87. The minimum Gasteiger partial charge on any atom is -0.492 e. The van der Waals surface area contributed by atoms with Crippen molar-refractivity contribution in [2.45, 2.75) is 11.8 Å². The molecule has 1 N–H and O–H groups in total. The molecule has 22 heavy (non-hydrogen) atoms. The molecule has 0 saturated heterocycles. The molecule has 0 amide bonds. The second-order valence-electron chi connectivity index (χ2n) is 4.23. The summed E-state index contributed by atoms with van der Waals surface area (Å²) in [6.45, 7) is 2.09. The molecule has 2 aromatic rings. The molecular weight excluding hydrogens is 380 g/mol. The van der Waals surface area contributed by atoms with Gasteiger partial charge in [0.15, 0.2) is 0 Å². The largest absolute Gasteiger partial charge is 0.492 e. The van der Waals surface area contributed by atoms with E-state index < -0.39 is 26.6 Å². The van der Waals surface area contributed by atoms with Crippen molar-refractivity contribution in [1.29, 1.82) is 0 Å². The number of rotatable bonds is 5. The highest BCUT2D eigenvalue weighted by molar-refractivity contribution is 9.10. The molecule has 0 atom stereocenters.